The van der Waals surface area contributed by atoms with Crippen LogP contribution in [-0.4, -0.2) is 38.4 Å². The molecular weight excluding hydrogens is 344 g/mol. The van der Waals surface area contributed by atoms with Crippen molar-refractivity contribution < 1.29 is 14.7 Å². The van der Waals surface area contributed by atoms with Crippen LogP contribution in [0, 0.1) is 0 Å². The largest absolute Gasteiger partial charge is 0.481 e. The lowest BCUT2D eigenvalue weighted by atomic mass is 10.0. The number of aromatic amines is 1. The second-order valence-electron chi connectivity index (χ2n) is 5.61. The molecule has 25 heavy (non-hydrogen) atoms. The number of carboxylic acids is 1. The quantitative estimate of drug-likeness (QED) is 0.627. The van der Waals surface area contributed by atoms with E-state index in [1.54, 1.807) is 30.3 Å². The fourth-order valence-electron chi connectivity index (χ4n) is 2.57. The van der Waals surface area contributed by atoms with Crippen molar-refractivity contribution in [1.82, 2.24) is 20.7 Å². The molecule has 3 aromatic rings. The molecule has 1 unspecified atom stereocenters. The van der Waals surface area contributed by atoms with Crippen molar-refractivity contribution in [2.24, 2.45) is 0 Å². The first kappa shape index (κ1) is 16.9. The molecular formula is C17H15ClN4O3. The molecule has 128 valence electrons. The van der Waals surface area contributed by atoms with Crippen LogP contribution in [0.4, 0.5) is 0 Å². The zero-order valence-electron chi connectivity index (χ0n) is 13.1. The van der Waals surface area contributed by atoms with Crippen LogP contribution in [0.3, 0.4) is 0 Å². The molecule has 1 atom stereocenters. The number of nitrogens with zero attached hydrogens (tertiary/aromatic N) is 2. The van der Waals surface area contributed by atoms with Gasteiger partial charge in [-0.15, -0.1) is 5.10 Å². The van der Waals surface area contributed by atoms with E-state index in [1.807, 2.05) is 12.1 Å². The van der Waals surface area contributed by atoms with Crippen molar-refractivity contribution in [1.29, 1.82) is 0 Å². The number of H-pyrrole nitrogens is 1. The van der Waals surface area contributed by atoms with E-state index in [0.29, 0.717) is 28.0 Å². The van der Waals surface area contributed by atoms with Crippen molar-refractivity contribution in [3.8, 4) is 0 Å². The molecule has 7 nitrogen and oxygen atoms in total. The Labute approximate surface area is 148 Å². The van der Waals surface area contributed by atoms with E-state index in [2.05, 4.69) is 20.7 Å². The summed E-state index contributed by atoms with van der Waals surface area (Å²) in [5.74, 6) is -1.36. The number of amides is 1. The number of fused-ring (bicyclic) bond motifs is 1. The first-order valence-corrected chi connectivity index (χ1v) is 7.97. The van der Waals surface area contributed by atoms with E-state index in [0.717, 1.165) is 5.56 Å². The monoisotopic (exact) mass is 358 g/mol. The van der Waals surface area contributed by atoms with Gasteiger partial charge in [0.15, 0.2) is 0 Å². The van der Waals surface area contributed by atoms with E-state index < -0.39 is 12.0 Å². The van der Waals surface area contributed by atoms with Crippen molar-refractivity contribution in [3.05, 3.63) is 58.6 Å². The molecule has 0 aliphatic carbocycles. The first-order valence-electron chi connectivity index (χ1n) is 7.60. The maximum absolute atomic E-state index is 12.5. The average molecular weight is 359 g/mol. The summed E-state index contributed by atoms with van der Waals surface area (Å²) in [4.78, 5) is 23.6. The number of rotatable bonds is 6. The smallest absolute Gasteiger partial charge is 0.305 e. The predicted octanol–water partition coefficient (Wildman–Crippen LogP) is 2.43. The summed E-state index contributed by atoms with van der Waals surface area (Å²) in [5.41, 5.74) is 2.46. The highest BCUT2D eigenvalue weighted by molar-refractivity contribution is 6.31. The number of aromatic nitrogens is 3. The van der Waals surface area contributed by atoms with Gasteiger partial charge in [0.05, 0.1) is 11.9 Å². The van der Waals surface area contributed by atoms with Gasteiger partial charge in [0.25, 0.3) is 5.91 Å². The van der Waals surface area contributed by atoms with Gasteiger partial charge in [0, 0.05) is 16.6 Å². The molecule has 0 saturated heterocycles. The van der Waals surface area contributed by atoms with Crippen molar-refractivity contribution >= 4 is 34.5 Å². The van der Waals surface area contributed by atoms with Crippen LogP contribution in [0.15, 0.2) is 42.5 Å². The Bertz CT molecular complexity index is 925. The van der Waals surface area contributed by atoms with Crippen LogP contribution < -0.4 is 5.32 Å². The summed E-state index contributed by atoms with van der Waals surface area (Å²) in [7, 11) is 0. The van der Waals surface area contributed by atoms with E-state index in [4.69, 9.17) is 16.7 Å². The topological polar surface area (TPSA) is 108 Å². The molecule has 0 aliphatic rings. The van der Waals surface area contributed by atoms with Crippen molar-refractivity contribution in [2.75, 3.05) is 0 Å². The lowest BCUT2D eigenvalue weighted by Gasteiger charge is -2.18. The third-order valence-electron chi connectivity index (χ3n) is 3.77. The highest BCUT2D eigenvalue weighted by Crippen LogP contribution is 2.18. The van der Waals surface area contributed by atoms with Gasteiger partial charge in [-0.1, -0.05) is 35.0 Å². The van der Waals surface area contributed by atoms with Gasteiger partial charge in [0.1, 0.15) is 5.52 Å². The summed E-state index contributed by atoms with van der Waals surface area (Å²) in [6, 6.07) is 11.5. The molecule has 0 saturated carbocycles. The van der Waals surface area contributed by atoms with E-state index >= 15 is 0 Å². The Morgan fingerprint density at radius 2 is 2.04 bits per heavy atom. The second-order valence-corrected chi connectivity index (χ2v) is 6.01. The Morgan fingerprint density at radius 1 is 1.24 bits per heavy atom. The highest BCUT2D eigenvalue weighted by atomic mass is 35.5. The third-order valence-corrected chi connectivity index (χ3v) is 4.14. The highest BCUT2D eigenvalue weighted by Gasteiger charge is 2.19. The number of nitrogens with one attached hydrogen (secondary N) is 2. The normalized spacial score (nSPS) is 12.0. The van der Waals surface area contributed by atoms with Crippen molar-refractivity contribution in [3.63, 3.8) is 0 Å². The number of carboxylic acid groups (broad SMARTS) is 1. The zero-order chi connectivity index (χ0) is 17.8. The van der Waals surface area contributed by atoms with Gasteiger partial charge in [0.2, 0.25) is 0 Å². The first-order chi connectivity index (χ1) is 12.0. The molecule has 0 fully saturated rings. The van der Waals surface area contributed by atoms with E-state index in [1.165, 1.54) is 0 Å². The van der Waals surface area contributed by atoms with Gasteiger partial charge < -0.3 is 10.4 Å². The number of hydrogen-bond donors (Lipinski definition) is 3. The Kier molecular flexibility index (Phi) is 4.95. The lowest BCUT2D eigenvalue weighted by molar-refractivity contribution is -0.137. The van der Waals surface area contributed by atoms with E-state index in [-0.39, 0.29) is 12.3 Å². The Balaban J connectivity index is 1.78. The fourth-order valence-corrected chi connectivity index (χ4v) is 2.78. The van der Waals surface area contributed by atoms with Crippen LogP contribution in [0.5, 0.6) is 0 Å². The summed E-state index contributed by atoms with van der Waals surface area (Å²) < 4.78 is 0. The fraction of sp³-hybridized carbons (Fsp3) is 0.176. The summed E-state index contributed by atoms with van der Waals surface area (Å²) >= 11 is 6.13. The minimum atomic E-state index is -0.995. The molecule has 0 spiro atoms. The molecule has 0 bridgehead atoms. The van der Waals surface area contributed by atoms with Crippen LogP contribution >= 0.6 is 11.6 Å². The minimum Gasteiger partial charge on any atom is -0.481 e. The number of hydrogen-bond acceptors (Lipinski definition) is 4. The molecule has 8 heteroatoms. The Hall–Kier alpha value is -2.93. The standard InChI is InChI=1S/C17H15ClN4O3/c18-13-4-2-1-3-10(13)7-12(9-16(23)24)19-17(25)11-5-6-14-15(8-11)21-22-20-14/h1-6,8,12H,7,9H2,(H,19,25)(H,23,24)(H,20,21,22). The molecule has 1 amide bonds. The van der Waals surface area contributed by atoms with Crippen LogP contribution in [-0.2, 0) is 11.2 Å². The van der Waals surface area contributed by atoms with Gasteiger partial charge in [-0.2, -0.15) is 0 Å². The number of carbonyl (C=O) groups excluding carboxylic acids is 1. The lowest BCUT2D eigenvalue weighted by Crippen LogP contribution is -2.38. The Morgan fingerprint density at radius 3 is 2.80 bits per heavy atom. The third kappa shape index (κ3) is 4.13. The maximum atomic E-state index is 12.5. The van der Waals surface area contributed by atoms with Crippen LogP contribution in [0.2, 0.25) is 5.02 Å². The number of aliphatic carboxylic acids is 1. The predicted molar refractivity (Wildman–Crippen MR) is 92.6 cm³/mol. The van der Waals surface area contributed by atoms with Gasteiger partial charge in [-0.05, 0) is 36.2 Å². The SMILES string of the molecule is O=C(O)CC(Cc1ccccc1Cl)NC(=O)c1ccc2nn[nH]c2c1. The molecule has 3 N–H and O–H groups in total. The minimum absolute atomic E-state index is 0.204. The molecule has 0 radical (unpaired) electrons. The molecule has 3 rings (SSSR count). The maximum Gasteiger partial charge on any atom is 0.305 e. The van der Waals surface area contributed by atoms with Crippen LogP contribution in [0.25, 0.3) is 11.0 Å². The summed E-state index contributed by atoms with van der Waals surface area (Å²) in [6.07, 6.45) is 0.121. The van der Waals surface area contributed by atoms with Crippen LogP contribution in [0.1, 0.15) is 22.3 Å². The number of halogens is 1. The number of carbonyl (C=O) groups is 2. The number of benzene rings is 2. The molecule has 1 heterocycles. The van der Waals surface area contributed by atoms with Gasteiger partial charge >= 0.3 is 5.97 Å². The van der Waals surface area contributed by atoms with Crippen molar-refractivity contribution in [2.45, 2.75) is 18.9 Å². The zero-order valence-corrected chi connectivity index (χ0v) is 13.8. The van der Waals surface area contributed by atoms with E-state index in [9.17, 15) is 9.59 Å². The van der Waals surface area contributed by atoms with Gasteiger partial charge in [-0.25, -0.2) is 0 Å². The summed E-state index contributed by atoms with van der Waals surface area (Å²) in [5, 5.41) is 22.6. The van der Waals surface area contributed by atoms with Gasteiger partial charge in [-0.3, -0.25) is 14.7 Å². The molecule has 0 aliphatic heterocycles. The second kappa shape index (κ2) is 7.31. The summed E-state index contributed by atoms with van der Waals surface area (Å²) in [6.45, 7) is 0. The molecule has 1 aromatic heterocycles. The molecule has 2 aromatic carbocycles. The average Bonchev–Trinajstić information content (AvgIpc) is 3.04.